The van der Waals surface area contributed by atoms with Crippen molar-refractivity contribution in [2.45, 2.75) is 64.5 Å². The third-order valence-electron chi connectivity index (χ3n) is 6.43. The van der Waals surface area contributed by atoms with Gasteiger partial charge in [0.2, 0.25) is 17.7 Å². The van der Waals surface area contributed by atoms with Gasteiger partial charge < -0.3 is 26.0 Å². The molecular weight excluding hydrogens is 496 g/mol. The standard InChI is InChI=1S/C30H40N4O5/c1-21(2)20-25-30(38)32-18-9-19-39-26-14-7-6-13-23(26)28(36)34-24(15-16-27(35)33-25)29(37)31-17-8-12-22-10-4-3-5-11-22/h3-7,10-11,13-14,21,24-25H,8-9,12,15-20H2,1-2H3,(H,31,37)(H,32,38)(H,33,35)(H,34,36)/t24-,25?/m0/s1. The second-order valence-electron chi connectivity index (χ2n) is 10.2. The second kappa shape index (κ2) is 15.5. The number of para-hydroxylation sites is 1. The zero-order valence-corrected chi connectivity index (χ0v) is 22.8. The van der Waals surface area contributed by atoms with E-state index < -0.39 is 18.0 Å². The fourth-order valence-electron chi connectivity index (χ4n) is 4.39. The third kappa shape index (κ3) is 10.1. The van der Waals surface area contributed by atoms with Gasteiger partial charge in [0.15, 0.2) is 0 Å². The highest BCUT2D eigenvalue weighted by Gasteiger charge is 2.26. The minimum Gasteiger partial charge on any atom is -0.493 e. The number of ether oxygens (including phenoxy) is 1. The van der Waals surface area contributed by atoms with Crippen molar-refractivity contribution in [1.29, 1.82) is 0 Å². The summed E-state index contributed by atoms with van der Waals surface area (Å²) in [6, 6.07) is 15.2. The normalized spacial score (nSPS) is 19.2. The highest BCUT2D eigenvalue weighted by molar-refractivity contribution is 5.99. The van der Waals surface area contributed by atoms with Crippen molar-refractivity contribution in [3.8, 4) is 5.75 Å². The van der Waals surface area contributed by atoms with Crippen LogP contribution in [0.2, 0.25) is 0 Å². The molecule has 1 unspecified atom stereocenters. The number of hydrogen-bond donors (Lipinski definition) is 4. The van der Waals surface area contributed by atoms with Gasteiger partial charge in [0.05, 0.1) is 12.2 Å². The molecule has 2 aromatic rings. The molecule has 4 amide bonds. The molecule has 3 rings (SSSR count). The van der Waals surface area contributed by atoms with Crippen molar-refractivity contribution in [2.75, 3.05) is 19.7 Å². The van der Waals surface area contributed by atoms with Crippen LogP contribution in [0.15, 0.2) is 54.6 Å². The van der Waals surface area contributed by atoms with E-state index in [-0.39, 0.29) is 43.1 Å². The lowest BCUT2D eigenvalue weighted by atomic mass is 10.0. The van der Waals surface area contributed by atoms with Crippen molar-refractivity contribution in [2.24, 2.45) is 5.92 Å². The first-order chi connectivity index (χ1) is 18.8. The van der Waals surface area contributed by atoms with Crippen LogP contribution >= 0.6 is 0 Å². The summed E-state index contributed by atoms with van der Waals surface area (Å²) >= 11 is 0. The number of carbonyl (C=O) groups excluding carboxylic acids is 4. The zero-order chi connectivity index (χ0) is 28.0. The van der Waals surface area contributed by atoms with Crippen LogP contribution in [-0.2, 0) is 20.8 Å². The van der Waals surface area contributed by atoms with Crippen molar-refractivity contribution >= 4 is 23.6 Å². The molecular formula is C30H40N4O5. The summed E-state index contributed by atoms with van der Waals surface area (Å²) in [6.07, 6.45) is 2.62. The van der Waals surface area contributed by atoms with Crippen molar-refractivity contribution in [1.82, 2.24) is 21.3 Å². The summed E-state index contributed by atoms with van der Waals surface area (Å²) in [4.78, 5) is 51.9. The van der Waals surface area contributed by atoms with Crippen LogP contribution in [0.3, 0.4) is 0 Å². The van der Waals surface area contributed by atoms with E-state index in [2.05, 4.69) is 21.3 Å². The molecule has 0 spiro atoms. The van der Waals surface area contributed by atoms with E-state index in [0.29, 0.717) is 37.2 Å². The first-order valence-electron chi connectivity index (χ1n) is 13.7. The van der Waals surface area contributed by atoms with Crippen LogP contribution in [0.4, 0.5) is 0 Å². The van der Waals surface area contributed by atoms with E-state index in [9.17, 15) is 19.2 Å². The Morgan fingerprint density at radius 1 is 1.03 bits per heavy atom. The van der Waals surface area contributed by atoms with Crippen LogP contribution in [0.5, 0.6) is 5.75 Å². The number of aryl methyl sites for hydroxylation is 1. The predicted octanol–water partition coefficient (Wildman–Crippen LogP) is 2.74. The van der Waals surface area contributed by atoms with Gasteiger partial charge in [0.1, 0.15) is 17.8 Å². The first kappa shape index (κ1) is 29.7. The number of rotatable bonds is 7. The van der Waals surface area contributed by atoms with Gasteiger partial charge in [0, 0.05) is 19.5 Å². The average molecular weight is 537 g/mol. The molecule has 0 bridgehead atoms. The van der Waals surface area contributed by atoms with E-state index in [1.807, 2.05) is 44.2 Å². The summed E-state index contributed by atoms with van der Waals surface area (Å²) < 4.78 is 5.84. The number of amides is 4. The molecule has 0 fully saturated rings. The summed E-state index contributed by atoms with van der Waals surface area (Å²) in [5.41, 5.74) is 1.48. The van der Waals surface area contributed by atoms with Crippen LogP contribution in [0, 0.1) is 5.92 Å². The average Bonchev–Trinajstić information content (AvgIpc) is 2.92. The fraction of sp³-hybridized carbons (Fsp3) is 0.467. The molecule has 2 atom stereocenters. The topological polar surface area (TPSA) is 126 Å². The van der Waals surface area contributed by atoms with Gasteiger partial charge in [0.25, 0.3) is 5.91 Å². The molecule has 0 saturated heterocycles. The van der Waals surface area contributed by atoms with Crippen molar-refractivity contribution < 1.29 is 23.9 Å². The number of fused-ring (bicyclic) bond motifs is 1. The van der Waals surface area contributed by atoms with Gasteiger partial charge in [-0.25, -0.2) is 0 Å². The highest BCUT2D eigenvalue weighted by Crippen LogP contribution is 2.19. The molecule has 0 radical (unpaired) electrons. The van der Waals surface area contributed by atoms with Crippen LogP contribution < -0.4 is 26.0 Å². The first-order valence-corrected chi connectivity index (χ1v) is 13.7. The van der Waals surface area contributed by atoms with E-state index in [1.54, 1.807) is 24.3 Å². The van der Waals surface area contributed by atoms with Gasteiger partial charge in [-0.3, -0.25) is 19.2 Å². The molecule has 1 aliphatic rings. The highest BCUT2D eigenvalue weighted by atomic mass is 16.5. The maximum Gasteiger partial charge on any atom is 0.255 e. The maximum atomic E-state index is 13.2. The lowest BCUT2D eigenvalue weighted by molar-refractivity contribution is -0.129. The number of nitrogens with one attached hydrogen (secondary N) is 4. The lowest BCUT2D eigenvalue weighted by Gasteiger charge is -2.22. The Morgan fingerprint density at radius 3 is 2.54 bits per heavy atom. The van der Waals surface area contributed by atoms with Crippen LogP contribution in [0.25, 0.3) is 0 Å². The Labute approximate surface area is 230 Å². The van der Waals surface area contributed by atoms with E-state index in [1.165, 1.54) is 5.56 Å². The summed E-state index contributed by atoms with van der Waals surface area (Å²) in [5.74, 6) is -0.812. The molecule has 39 heavy (non-hydrogen) atoms. The summed E-state index contributed by atoms with van der Waals surface area (Å²) in [7, 11) is 0. The predicted molar refractivity (Wildman–Crippen MR) is 149 cm³/mol. The van der Waals surface area contributed by atoms with Crippen molar-refractivity contribution in [3.05, 3.63) is 65.7 Å². The molecule has 9 heteroatoms. The number of hydrogen-bond acceptors (Lipinski definition) is 5. The number of carbonyl (C=O) groups is 4. The largest absolute Gasteiger partial charge is 0.493 e. The maximum absolute atomic E-state index is 13.2. The SMILES string of the molecule is CC(C)CC1NC(=O)CC[C@@H](C(=O)NCCCc2ccccc2)NC(=O)c2ccccc2OCCCNC1=O. The molecule has 9 nitrogen and oxygen atoms in total. The quantitative estimate of drug-likeness (QED) is 0.405. The van der Waals surface area contributed by atoms with Crippen LogP contribution in [0.1, 0.15) is 61.9 Å². The summed E-state index contributed by atoms with van der Waals surface area (Å²) in [5, 5.41) is 11.4. The van der Waals surface area contributed by atoms with Gasteiger partial charge in [-0.15, -0.1) is 0 Å². The van der Waals surface area contributed by atoms with Gasteiger partial charge in [-0.05, 0) is 55.7 Å². The minimum absolute atomic E-state index is 0.0254. The molecule has 1 aliphatic heterocycles. The molecule has 0 saturated carbocycles. The fourth-order valence-corrected chi connectivity index (χ4v) is 4.39. The molecule has 1 heterocycles. The Hall–Kier alpha value is -3.88. The molecule has 0 aliphatic carbocycles. The minimum atomic E-state index is -0.932. The molecule has 210 valence electrons. The summed E-state index contributed by atoms with van der Waals surface area (Å²) in [6.45, 7) is 5.07. The van der Waals surface area contributed by atoms with Gasteiger partial charge in [-0.1, -0.05) is 56.3 Å². The Bertz CT molecular complexity index is 1110. The van der Waals surface area contributed by atoms with E-state index >= 15 is 0 Å². The Kier molecular flexibility index (Phi) is 11.8. The van der Waals surface area contributed by atoms with Gasteiger partial charge in [-0.2, -0.15) is 0 Å². The smallest absolute Gasteiger partial charge is 0.255 e. The van der Waals surface area contributed by atoms with Crippen LogP contribution in [-0.4, -0.2) is 55.4 Å². The zero-order valence-electron chi connectivity index (χ0n) is 22.8. The third-order valence-corrected chi connectivity index (χ3v) is 6.43. The van der Waals surface area contributed by atoms with Gasteiger partial charge >= 0.3 is 0 Å². The molecule has 2 aromatic carbocycles. The van der Waals surface area contributed by atoms with E-state index in [4.69, 9.17) is 4.74 Å². The molecule has 4 N–H and O–H groups in total. The molecule has 0 aromatic heterocycles. The Balaban J connectivity index is 1.72. The van der Waals surface area contributed by atoms with E-state index in [0.717, 1.165) is 12.8 Å². The van der Waals surface area contributed by atoms with Crippen molar-refractivity contribution in [3.63, 3.8) is 0 Å². The second-order valence-corrected chi connectivity index (χ2v) is 10.2. The monoisotopic (exact) mass is 536 g/mol. The Morgan fingerprint density at radius 2 is 1.77 bits per heavy atom. The lowest BCUT2D eigenvalue weighted by Crippen LogP contribution is -2.49. The number of benzene rings is 2.